The van der Waals surface area contributed by atoms with Crippen molar-refractivity contribution in [1.29, 1.82) is 0 Å². The van der Waals surface area contributed by atoms with Gasteiger partial charge in [0.2, 0.25) is 5.17 Å². The largest absolute Gasteiger partial charge is 0.362 e. The zero-order valence-corrected chi connectivity index (χ0v) is 12.6. The van der Waals surface area contributed by atoms with Crippen molar-refractivity contribution in [3.05, 3.63) is 29.0 Å². The summed E-state index contributed by atoms with van der Waals surface area (Å²) in [4.78, 5) is 7.89. The molecule has 6 nitrogen and oxygen atoms in total. The predicted molar refractivity (Wildman–Crippen MR) is 78.3 cm³/mol. The van der Waals surface area contributed by atoms with E-state index in [-0.39, 0.29) is 6.54 Å². The Balaban J connectivity index is 2.40. The number of pyridine rings is 1. The summed E-state index contributed by atoms with van der Waals surface area (Å²) in [7, 11) is -2.88. The van der Waals surface area contributed by atoms with Crippen molar-refractivity contribution in [2.45, 2.75) is 5.75 Å². The molecule has 0 unspecified atom stereocenters. The molecule has 0 bridgehead atoms. The normalized spacial score (nSPS) is 12.5. The van der Waals surface area contributed by atoms with Crippen LogP contribution in [0.15, 0.2) is 23.3 Å². The van der Waals surface area contributed by atoms with E-state index in [0.717, 1.165) is 5.69 Å². The van der Waals surface area contributed by atoms with Crippen LogP contribution in [0.25, 0.3) is 0 Å². The van der Waals surface area contributed by atoms with Crippen molar-refractivity contribution in [2.24, 2.45) is 4.99 Å². The van der Waals surface area contributed by atoms with Gasteiger partial charge in [-0.15, -0.1) is 0 Å². The first-order chi connectivity index (χ1) is 8.95. The van der Waals surface area contributed by atoms with Crippen molar-refractivity contribution >= 4 is 38.6 Å². The molecule has 0 radical (unpaired) electrons. The van der Waals surface area contributed by atoms with Crippen LogP contribution in [0, 0.1) is 0 Å². The van der Waals surface area contributed by atoms with E-state index in [9.17, 15) is 8.42 Å². The summed E-state index contributed by atoms with van der Waals surface area (Å²) in [5.74, 6) is 1.21. The maximum atomic E-state index is 10.8. The molecule has 1 aromatic heterocycles. The Bertz CT molecular complexity index is 549. The van der Waals surface area contributed by atoms with E-state index in [1.807, 2.05) is 0 Å². The first kappa shape index (κ1) is 16.2. The van der Waals surface area contributed by atoms with Gasteiger partial charge in [0.25, 0.3) is 0 Å². The molecule has 19 heavy (non-hydrogen) atoms. The van der Waals surface area contributed by atoms with Gasteiger partial charge in [-0.2, -0.15) is 20.2 Å². The Morgan fingerprint density at radius 3 is 2.95 bits per heavy atom. The van der Waals surface area contributed by atoms with Gasteiger partial charge in [0.05, 0.1) is 17.3 Å². The number of amidine groups is 1. The minimum absolute atomic E-state index is 0.269. The third kappa shape index (κ3) is 5.77. The van der Waals surface area contributed by atoms with Crippen molar-refractivity contribution < 1.29 is 13.0 Å². The third-order valence-electron chi connectivity index (χ3n) is 2.02. The Morgan fingerprint density at radius 2 is 2.37 bits per heavy atom. The number of aliphatic imine (C=N–C) groups is 1. The number of rotatable bonds is 5. The van der Waals surface area contributed by atoms with E-state index >= 15 is 0 Å². The summed E-state index contributed by atoms with van der Waals surface area (Å²) in [5, 5.41) is 2.51. The van der Waals surface area contributed by atoms with Gasteiger partial charge in [-0.25, -0.2) is 0 Å². The van der Waals surface area contributed by atoms with Crippen molar-refractivity contribution in [1.82, 2.24) is 10.3 Å². The number of aromatic nitrogens is 1. The number of nitrogens with zero attached hydrogens (tertiary/aromatic N) is 2. The molecule has 9 heteroatoms. The Kier molecular flexibility index (Phi) is 6.56. The van der Waals surface area contributed by atoms with E-state index in [0.29, 0.717) is 16.5 Å². The predicted octanol–water partition coefficient (Wildman–Crippen LogP) is 1.43. The van der Waals surface area contributed by atoms with Crippen LogP contribution in [0.5, 0.6) is 0 Å². The molecule has 0 saturated carbocycles. The lowest BCUT2D eigenvalue weighted by Gasteiger charge is -2.03. The minimum atomic E-state index is -4.26. The smallest absolute Gasteiger partial charge is 0.327 e. The molecule has 0 aliphatic rings. The van der Waals surface area contributed by atoms with Crippen LogP contribution >= 0.6 is 23.4 Å². The molecule has 0 fully saturated rings. The Morgan fingerprint density at radius 1 is 1.63 bits per heavy atom. The molecule has 0 atom stereocenters. The fourth-order valence-electron chi connectivity index (χ4n) is 1.19. The fraction of sp³-hybridized carbons (Fsp3) is 0.400. The summed E-state index contributed by atoms with van der Waals surface area (Å²) < 4.78 is 30.4. The number of thioether (sulfide) groups is 1. The maximum absolute atomic E-state index is 10.8. The van der Waals surface area contributed by atoms with Crippen molar-refractivity contribution in [3.63, 3.8) is 0 Å². The first-order valence-electron chi connectivity index (χ1n) is 5.32. The summed E-state index contributed by atoms with van der Waals surface area (Å²) in [6.45, 7) is 0.269. The highest BCUT2D eigenvalue weighted by atomic mass is 35.5. The van der Waals surface area contributed by atoms with Crippen molar-refractivity contribution in [3.8, 4) is 0 Å². The third-order valence-corrected chi connectivity index (χ3v) is 4.14. The molecule has 0 aliphatic heterocycles. The highest BCUT2D eigenvalue weighted by molar-refractivity contribution is 8.01. The van der Waals surface area contributed by atoms with Gasteiger partial charge in [0, 0.05) is 24.8 Å². The highest BCUT2D eigenvalue weighted by Gasteiger charge is 2.12. The molecule has 2 N–H and O–H groups in total. The van der Waals surface area contributed by atoms with Gasteiger partial charge in [-0.05, 0) is 12.1 Å². The lowest BCUT2D eigenvalue weighted by molar-refractivity contribution is 0.496. The van der Waals surface area contributed by atoms with Crippen LogP contribution in [-0.2, 0) is 15.9 Å². The second-order valence-corrected chi connectivity index (χ2v) is 6.25. The molecular weight excluding hydrogens is 310 g/mol. The second kappa shape index (κ2) is 7.68. The maximum Gasteiger partial charge on any atom is 0.327 e. The Labute approximate surface area is 121 Å². The highest BCUT2D eigenvalue weighted by Crippen LogP contribution is 2.18. The van der Waals surface area contributed by atoms with E-state index in [1.165, 1.54) is 18.8 Å². The summed E-state index contributed by atoms with van der Waals surface area (Å²) in [5.41, 5.74) is 0.779. The van der Waals surface area contributed by atoms with Gasteiger partial charge in [-0.3, -0.25) is 14.5 Å². The molecule has 0 aliphatic carbocycles. The van der Waals surface area contributed by atoms with Gasteiger partial charge in [0.1, 0.15) is 0 Å². The summed E-state index contributed by atoms with van der Waals surface area (Å²) >= 11 is 7.47. The topological polar surface area (TPSA) is 91.7 Å². The molecule has 1 heterocycles. The van der Waals surface area contributed by atoms with Gasteiger partial charge in [0.15, 0.2) is 0 Å². The van der Waals surface area contributed by atoms with E-state index in [1.54, 1.807) is 18.3 Å². The lowest BCUT2D eigenvalue weighted by atomic mass is 10.4. The van der Waals surface area contributed by atoms with Crippen LogP contribution < -0.4 is 5.32 Å². The number of nitrogens with one attached hydrogen (secondary N) is 1. The quantitative estimate of drug-likeness (QED) is 0.368. The molecule has 1 aromatic rings. The number of hydrogen-bond acceptors (Lipinski definition) is 5. The van der Waals surface area contributed by atoms with E-state index in [4.69, 9.17) is 16.2 Å². The number of halogens is 1. The van der Waals surface area contributed by atoms with Crippen LogP contribution in [0.3, 0.4) is 0 Å². The van der Waals surface area contributed by atoms with Crippen LogP contribution in [-0.4, -0.2) is 42.5 Å². The molecule has 0 amide bonds. The average molecular weight is 324 g/mol. The monoisotopic (exact) mass is 323 g/mol. The summed E-state index contributed by atoms with van der Waals surface area (Å²) in [6.07, 6.45) is 1.66. The first-order valence-corrected chi connectivity index (χ1v) is 8.29. The standard InChI is InChI=1S/C10H14ClN3O3S2/c1-12-10(19(15,16)17)14-5-6-18-7-9-8(11)3-2-4-13-9/h2-4H,5-7H2,1H3,(H,12,14)(H,15,16,17). The van der Waals surface area contributed by atoms with Gasteiger partial charge < -0.3 is 5.32 Å². The van der Waals surface area contributed by atoms with Crippen molar-refractivity contribution in [2.75, 3.05) is 19.3 Å². The zero-order valence-electron chi connectivity index (χ0n) is 10.2. The minimum Gasteiger partial charge on any atom is -0.362 e. The van der Waals surface area contributed by atoms with Crippen LogP contribution in [0.4, 0.5) is 0 Å². The molecule has 0 aromatic carbocycles. The van der Waals surface area contributed by atoms with Gasteiger partial charge >= 0.3 is 10.1 Å². The van der Waals surface area contributed by atoms with Crippen LogP contribution in [0.2, 0.25) is 5.02 Å². The SMILES string of the molecule is CN/C(=N\CCSCc1ncccc1Cl)S(=O)(=O)O. The van der Waals surface area contributed by atoms with E-state index in [2.05, 4.69) is 15.3 Å². The molecule has 106 valence electrons. The second-order valence-electron chi connectivity index (χ2n) is 3.40. The fourth-order valence-corrected chi connectivity index (χ4v) is 2.76. The molecule has 0 spiro atoms. The van der Waals surface area contributed by atoms with E-state index < -0.39 is 15.3 Å². The lowest BCUT2D eigenvalue weighted by Crippen LogP contribution is -2.28. The zero-order chi connectivity index (χ0) is 14.3. The molecule has 1 rings (SSSR count). The average Bonchev–Trinajstić information content (AvgIpc) is 2.34. The summed E-state index contributed by atoms with van der Waals surface area (Å²) in [6, 6.07) is 3.52. The Hall–Kier alpha value is -0.830. The number of hydrogen-bond donors (Lipinski definition) is 2. The van der Waals surface area contributed by atoms with Gasteiger partial charge in [-0.1, -0.05) is 11.6 Å². The molecule has 0 saturated heterocycles. The molecular formula is C10H14ClN3O3S2. The van der Waals surface area contributed by atoms with Crippen LogP contribution in [0.1, 0.15) is 5.69 Å².